The van der Waals surface area contributed by atoms with Gasteiger partial charge in [0.15, 0.2) is 5.13 Å². The molecule has 22 heavy (non-hydrogen) atoms. The van der Waals surface area contributed by atoms with Gasteiger partial charge in [0.25, 0.3) is 0 Å². The van der Waals surface area contributed by atoms with E-state index in [4.69, 9.17) is 11.6 Å². The highest BCUT2D eigenvalue weighted by molar-refractivity contribution is 7.13. The molecule has 0 radical (unpaired) electrons. The Balaban J connectivity index is 1.90. The van der Waals surface area contributed by atoms with Gasteiger partial charge in [0.2, 0.25) is 0 Å². The number of hydrogen-bond acceptors (Lipinski definition) is 4. The van der Waals surface area contributed by atoms with Crippen molar-refractivity contribution in [1.29, 1.82) is 0 Å². The van der Waals surface area contributed by atoms with Gasteiger partial charge in [-0.3, -0.25) is 5.32 Å². The Morgan fingerprint density at radius 3 is 2.82 bits per heavy atom. The maximum absolute atomic E-state index is 11.9. The zero-order valence-electron chi connectivity index (χ0n) is 12.7. The van der Waals surface area contributed by atoms with Crippen LogP contribution in [0.2, 0.25) is 5.02 Å². The summed E-state index contributed by atoms with van der Waals surface area (Å²) in [6.07, 6.45) is 0. The first-order valence-corrected chi connectivity index (χ1v) is 8.21. The van der Waals surface area contributed by atoms with Crippen molar-refractivity contribution >= 4 is 39.8 Å². The lowest BCUT2D eigenvalue weighted by molar-refractivity contribution is 0.262. The van der Waals surface area contributed by atoms with Gasteiger partial charge in [0.05, 0.1) is 5.69 Å². The Labute approximate surface area is 139 Å². The van der Waals surface area contributed by atoms with E-state index in [9.17, 15) is 4.79 Å². The molecule has 2 rings (SSSR count). The van der Waals surface area contributed by atoms with Crippen LogP contribution in [0.3, 0.4) is 0 Å². The molecule has 0 atom stereocenters. The summed E-state index contributed by atoms with van der Waals surface area (Å²) in [5.74, 6) is 0. The number of hydrogen-bond donors (Lipinski definition) is 3. The molecule has 3 N–H and O–H groups in total. The SMILES string of the molecule is Cc1ccc(NC(=O)Nc2nc(CNC(C)C)cs2)cc1Cl. The number of benzene rings is 1. The van der Waals surface area contributed by atoms with Gasteiger partial charge in [-0.25, -0.2) is 9.78 Å². The van der Waals surface area contributed by atoms with Crippen LogP contribution in [0, 0.1) is 6.92 Å². The third-order valence-corrected chi connectivity index (χ3v) is 4.11. The van der Waals surface area contributed by atoms with Gasteiger partial charge >= 0.3 is 6.03 Å². The number of nitrogens with one attached hydrogen (secondary N) is 3. The summed E-state index contributed by atoms with van der Waals surface area (Å²) in [5, 5.41) is 11.8. The maximum Gasteiger partial charge on any atom is 0.325 e. The van der Waals surface area contributed by atoms with E-state index in [1.165, 1.54) is 11.3 Å². The van der Waals surface area contributed by atoms with Crippen molar-refractivity contribution in [3.8, 4) is 0 Å². The second kappa shape index (κ2) is 7.58. The summed E-state index contributed by atoms with van der Waals surface area (Å²) in [6.45, 7) is 6.75. The van der Waals surface area contributed by atoms with Gasteiger partial charge in [0, 0.05) is 28.7 Å². The molecule has 2 amide bonds. The number of thiazole rings is 1. The van der Waals surface area contributed by atoms with Crippen molar-refractivity contribution in [1.82, 2.24) is 10.3 Å². The molecule has 0 saturated heterocycles. The quantitative estimate of drug-likeness (QED) is 0.763. The average Bonchev–Trinajstić information content (AvgIpc) is 2.88. The highest BCUT2D eigenvalue weighted by Crippen LogP contribution is 2.20. The first kappa shape index (κ1) is 16.7. The van der Waals surface area contributed by atoms with Crippen LogP contribution in [0.25, 0.3) is 0 Å². The summed E-state index contributed by atoms with van der Waals surface area (Å²) in [4.78, 5) is 16.3. The van der Waals surface area contributed by atoms with Gasteiger partial charge in [0.1, 0.15) is 0 Å². The highest BCUT2D eigenvalue weighted by Gasteiger charge is 2.08. The fourth-order valence-corrected chi connectivity index (χ4v) is 2.57. The second-order valence-electron chi connectivity index (χ2n) is 5.22. The first-order valence-electron chi connectivity index (χ1n) is 6.96. The molecule has 0 saturated carbocycles. The number of carbonyl (C=O) groups excluding carboxylic acids is 1. The summed E-state index contributed by atoms with van der Waals surface area (Å²) >= 11 is 7.43. The molecule has 0 aliphatic rings. The van der Waals surface area contributed by atoms with Crippen LogP contribution in [-0.2, 0) is 6.54 Å². The molecular formula is C15H19ClN4OS. The van der Waals surface area contributed by atoms with E-state index in [0.29, 0.717) is 28.4 Å². The van der Waals surface area contributed by atoms with E-state index in [2.05, 4.69) is 34.8 Å². The zero-order chi connectivity index (χ0) is 16.1. The minimum absolute atomic E-state index is 0.336. The van der Waals surface area contributed by atoms with E-state index < -0.39 is 0 Å². The molecule has 0 bridgehead atoms. The topological polar surface area (TPSA) is 66.0 Å². The molecule has 0 spiro atoms. The van der Waals surface area contributed by atoms with E-state index in [-0.39, 0.29) is 6.03 Å². The maximum atomic E-state index is 11.9. The number of carbonyl (C=O) groups is 1. The Kier molecular flexibility index (Phi) is 5.76. The highest BCUT2D eigenvalue weighted by atomic mass is 35.5. The molecule has 0 aliphatic heterocycles. The van der Waals surface area contributed by atoms with Gasteiger partial charge in [-0.15, -0.1) is 11.3 Å². The fourth-order valence-electron chi connectivity index (χ4n) is 1.68. The average molecular weight is 339 g/mol. The third kappa shape index (κ3) is 4.98. The lowest BCUT2D eigenvalue weighted by atomic mass is 10.2. The van der Waals surface area contributed by atoms with Crippen molar-refractivity contribution in [3.63, 3.8) is 0 Å². The number of aryl methyl sites for hydroxylation is 1. The minimum Gasteiger partial charge on any atom is -0.309 e. The summed E-state index contributed by atoms with van der Waals surface area (Å²) in [7, 11) is 0. The van der Waals surface area contributed by atoms with Crippen LogP contribution in [0.1, 0.15) is 25.1 Å². The molecule has 0 unspecified atom stereocenters. The molecular weight excluding hydrogens is 320 g/mol. The monoisotopic (exact) mass is 338 g/mol. The van der Waals surface area contributed by atoms with E-state index in [0.717, 1.165) is 11.3 Å². The molecule has 7 heteroatoms. The van der Waals surface area contributed by atoms with Gasteiger partial charge in [-0.1, -0.05) is 31.5 Å². The van der Waals surface area contributed by atoms with Crippen LogP contribution in [-0.4, -0.2) is 17.1 Å². The van der Waals surface area contributed by atoms with E-state index in [1.807, 2.05) is 18.4 Å². The predicted molar refractivity (Wildman–Crippen MR) is 92.9 cm³/mol. The van der Waals surface area contributed by atoms with Crippen LogP contribution in [0.4, 0.5) is 15.6 Å². The zero-order valence-corrected chi connectivity index (χ0v) is 14.3. The van der Waals surface area contributed by atoms with Crippen molar-refractivity contribution in [2.45, 2.75) is 33.4 Å². The molecule has 1 aromatic heterocycles. The second-order valence-corrected chi connectivity index (χ2v) is 6.49. The number of urea groups is 1. The largest absolute Gasteiger partial charge is 0.325 e. The first-order chi connectivity index (χ1) is 10.4. The summed E-state index contributed by atoms with van der Waals surface area (Å²) < 4.78 is 0. The normalized spacial score (nSPS) is 10.8. The third-order valence-electron chi connectivity index (χ3n) is 2.89. The Hall–Kier alpha value is -1.63. The van der Waals surface area contributed by atoms with Crippen LogP contribution < -0.4 is 16.0 Å². The smallest absolute Gasteiger partial charge is 0.309 e. The van der Waals surface area contributed by atoms with Crippen LogP contribution in [0.5, 0.6) is 0 Å². The van der Waals surface area contributed by atoms with Crippen LogP contribution in [0.15, 0.2) is 23.6 Å². The van der Waals surface area contributed by atoms with Crippen molar-refractivity contribution in [3.05, 3.63) is 39.9 Å². The van der Waals surface area contributed by atoms with Crippen molar-refractivity contribution < 1.29 is 4.79 Å². The minimum atomic E-state index is -0.336. The van der Waals surface area contributed by atoms with Gasteiger partial charge in [-0.05, 0) is 24.6 Å². The molecule has 0 aliphatic carbocycles. The standard InChI is InChI=1S/C15H19ClN4OS/c1-9(2)17-7-12-8-22-15(19-12)20-14(21)18-11-5-4-10(3)13(16)6-11/h4-6,8-9,17H,7H2,1-3H3,(H2,18,19,20,21). The number of rotatable bonds is 5. The van der Waals surface area contributed by atoms with Gasteiger partial charge in [-0.2, -0.15) is 0 Å². The number of aromatic nitrogens is 1. The van der Waals surface area contributed by atoms with Crippen molar-refractivity contribution in [2.75, 3.05) is 10.6 Å². The predicted octanol–water partition coefficient (Wildman–Crippen LogP) is 4.25. The Bertz CT molecular complexity index is 657. The molecule has 118 valence electrons. The number of amides is 2. The molecule has 1 heterocycles. The number of halogens is 1. The Morgan fingerprint density at radius 1 is 1.36 bits per heavy atom. The van der Waals surface area contributed by atoms with Crippen LogP contribution >= 0.6 is 22.9 Å². The molecule has 2 aromatic rings. The number of anilines is 2. The summed E-state index contributed by atoms with van der Waals surface area (Å²) in [6, 6.07) is 5.44. The van der Waals surface area contributed by atoms with E-state index >= 15 is 0 Å². The van der Waals surface area contributed by atoms with Crippen molar-refractivity contribution in [2.24, 2.45) is 0 Å². The lowest BCUT2D eigenvalue weighted by Gasteiger charge is -2.07. The van der Waals surface area contributed by atoms with E-state index in [1.54, 1.807) is 12.1 Å². The molecule has 5 nitrogen and oxygen atoms in total. The summed E-state index contributed by atoms with van der Waals surface area (Å²) in [5.41, 5.74) is 2.52. The molecule has 0 fully saturated rings. The fraction of sp³-hybridized carbons (Fsp3) is 0.333. The van der Waals surface area contributed by atoms with Gasteiger partial charge < -0.3 is 10.6 Å². The molecule has 1 aromatic carbocycles. The Morgan fingerprint density at radius 2 is 2.14 bits per heavy atom. The lowest BCUT2D eigenvalue weighted by Crippen LogP contribution is -2.22. The number of nitrogens with zero attached hydrogens (tertiary/aromatic N) is 1.